The van der Waals surface area contributed by atoms with Gasteiger partial charge in [0, 0.05) is 8.59 Å². The van der Waals surface area contributed by atoms with Crippen molar-refractivity contribution in [2.75, 3.05) is 5.32 Å². The number of benzene rings is 1. The highest BCUT2D eigenvalue weighted by Gasteiger charge is 2.14. The van der Waals surface area contributed by atoms with Gasteiger partial charge in [-0.1, -0.05) is 34.8 Å². The van der Waals surface area contributed by atoms with Crippen LogP contribution in [0, 0.1) is 3.57 Å². The van der Waals surface area contributed by atoms with Gasteiger partial charge in [-0.2, -0.15) is 0 Å². The minimum atomic E-state index is -0.415. The number of hydrogen-bond acceptors (Lipinski definition) is 3. The SMILES string of the molecule is O=C(Nc1ccc(Cl)cc1I)c1cc(Cl)nnc1Cl. The summed E-state index contributed by atoms with van der Waals surface area (Å²) in [6.07, 6.45) is 0. The second-order valence-electron chi connectivity index (χ2n) is 3.45. The molecule has 0 aliphatic heterocycles. The van der Waals surface area contributed by atoms with Crippen molar-refractivity contribution in [1.29, 1.82) is 0 Å². The van der Waals surface area contributed by atoms with Crippen molar-refractivity contribution in [2.24, 2.45) is 0 Å². The molecular formula is C11H5Cl3IN3O. The van der Waals surface area contributed by atoms with Crippen LogP contribution in [0.4, 0.5) is 5.69 Å². The van der Waals surface area contributed by atoms with E-state index >= 15 is 0 Å². The Kier molecular flexibility index (Phi) is 4.83. The lowest BCUT2D eigenvalue weighted by Gasteiger charge is -2.08. The van der Waals surface area contributed by atoms with E-state index < -0.39 is 5.91 Å². The van der Waals surface area contributed by atoms with Crippen molar-refractivity contribution in [1.82, 2.24) is 10.2 Å². The Labute approximate surface area is 137 Å². The molecule has 98 valence electrons. The molecule has 0 radical (unpaired) electrons. The molecule has 19 heavy (non-hydrogen) atoms. The average molecular weight is 428 g/mol. The van der Waals surface area contributed by atoms with Gasteiger partial charge in [-0.25, -0.2) is 0 Å². The molecule has 0 atom stereocenters. The Hall–Kier alpha value is -0.630. The Morgan fingerprint density at radius 2 is 1.89 bits per heavy atom. The normalized spacial score (nSPS) is 10.3. The fraction of sp³-hybridized carbons (Fsp3) is 0. The number of nitrogens with one attached hydrogen (secondary N) is 1. The first kappa shape index (κ1) is 14.8. The largest absolute Gasteiger partial charge is 0.321 e. The van der Waals surface area contributed by atoms with Crippen LogP contribution in [0.15, 0.2) is 24.3 Å². The number of nitrogens with zero attached hydrogens (tertiary/aromatic N) is 2. The van der Waals surface area contributed by atoms with E-state index in [1.54, 1.807) is 18.2 Å². The second kappa shape index (κ2) is 6.21. The van der Waals surface area contributed by atoms with Crippen LogP contribution < -0.4 is 5.32 Å². The molecule has 0 fully saturated rings. The Morgan fingerprint density at radius 1 is 1.16 bits per heavy atom. The van der Waals surface area contributed by atoms with Gasteiger partial charge in [0.05, 0.1) is 11.3 Å². The predicted octanol–water partition coefficient (Wildman–Crippen LogP) is 4.29. The summed E-state index contributed by atoms with van der Waals surface area (Å²) in [6.45, 7) is 0. The lowest BCUT2D eigenvalue weighted by molar-refractivity contribution is 0.102. The zero-order valence-electron chi connectivity index (χ0n) is 9.12. The number of aromatic nitrogens is 2. The fourth-order valence-electron chi connectivity index (χ4n) is 1.29. The van der Waals surface area contributed by atoms with E-state index in [4.69, 9.17) is 34.8 Å². The van der Waals surface area contributed by atoms with Crippen LogP contribution in [0.5, 0.6) is 0 Å². The van der Waals surface area contributed by atoms with Crippen molar-refractivity contribution in [3.8, 4) is 0 Å². The van der Waals surface area contributed by atoms with Gasteiger partial charge < -0.3 is 5.32 Å². The topological polar surface area (TPSA) is 54.9 Å². The monoisotopic (exact) mass is 427 g/mol. The summed E-state index contributed by atoms with van der Waals surface area (Å²) in [5, 5.41) is 10.5. The number of halogens is 4. The molecular weight excluding hydrogens is 423 g/mol. The van der Waals surface area contributed by atoms with Crippen molar-refractivity contribution in [3.05, 3.63) is 48.7 Å². The highest BCUT2D eigenvalue weighted by molar-refractivity contribution is 14.1. The minimum Gasteiger partial charge on any atom is -0.321 e. The van der Waals surface area contributed by atoms with E-state index in [0.29, 0.717) is 10.7 Å². The number of anilines is 1. The Bertz CT molecular complexity index is 651. The number of hydrogen-bond donors (Lipinski definition) is 1. The molecule has 1 heterocycles. The summed E-state index contributed by atoms with van der Waals surface area (Å²) in [6, 6.07) is 6.47. The maximum Gasteiger partial charge on any atom is 0.259 e. The quantitative estimate of drug-likeness (QED) is 0.726. The van der Waals surface area contributed by atoms with Crippen molar-refractivity contribution in [2.45, 2.75) is 0 Å². The third kappa shape index (κ3) is 3.68. The van der Waals surface area contributed by atoms with Gasteiger partial charge >= 0.3 is 0 Å². The molecule has 0 spiro atoms. The first-order valence-electron chi connectivity index (χ1n) is 4.92. The highest BCUT2D eigenvalue weighted by atomic mass is 127. The van der Waals surface area contributed by atoms with Crippen LogP contribution in [0.1, 0.15) is 10.4 Å². The van der Waals surface area contributed by atoms with E-state index in [1.807, 2.05) is 0 Å². The predicted molar refractivity (Wildman–Crippen MR) is 84.2 cm³/mol. The van der Waals surface area contributed by atoms with Gasteiger partial charge in [0.15, 0.2) is 10.3 Å². The Morgan fingerprint density at radius 3 is 2.58 bits per heavy atom. The first-order chi connectivity index (χ1) is 8.97. The summed E-state index contributed by atoms with van der Waals surface area (Å²) < 4.78 is 0.808. The van der Waals surface area contributed by atoms with E-state index in [2.05, 4.69) is 38.1 Å². The van der Waals surface area contributed by atoms with Crippen molar-refractivity contribution in [3.63, 3.8) is 0 Å². The molecule has 2 aromatic rings. The summed E-state index contributed by atoms with van der Waals surface area (Å²) >= 11 is 19.4. The van der Waals surface area contributed by atoms with Crippen LogP contribution in [0.2, 0.25) is 15.3 Å². The van der Waals surface area contributed by atoms with Gasteiger partial charge in [0.25, 0.3) is 5.91 Å². The highest BCUT2D eigenvalue weighted by Crippen LogP contribution is 2.24. The molecule has 0 saturated heterocycles. The number of rotatable bonds is 2. The molecule has 0 saturated carbocycles. The fourth-order valence-corrected chi connectivity index (χ4v) is 2.62. The van der Waals surface area contributed by atoms with Crippen molar-refractivity contribution >= 4 is 69.0 Å². The third-order valence-electron chi connectivity index (χ3n) is 2.14. The first-order valence-corrected chi connectivity index (χ1v) is 7.14. The number of amides is 1. The van der Waals surface area contributed by atoms with E-state index in [0.717, 1.165) is 3.57 Å². The molecule has 1 aromatic carbocycles. The van der Waals surface area contributed by atoms with Gasteiger partial charge in [-0.05, 0) is 46.9 Å². The summed E-state index contributed by atoms with van der Waals surface area (Å²) in [5.41, 5.74) is 0.784. The summed E-state index contributed by atoms with van der Waals surface area (Å²) in [4.78, 5) is 12.1. The molecule has 0 unspecified atom stereocenters. The molecule has 4 nitrogen and oxygen atoms in total. The molecule has 1 aromatic heterocycles. The molecule has 1 amide bonds. The Balaban J connectivity index is 2.28. The summed E-state index contributed by atoms with van der Waals surface area (Å²) in [7, 11) is 0. The van der Waals surface area contributed by atoms with Crippen LogP contribution in [-0.4, -0.2) is 16.1 Å². The molecule has 2 rings (SSSR count). The van der Waals surface area contributed by atoms with E-state index in [1.165, 1.54) is 6.07 Å². The smallest absolute Gasteiger partial charge is 0.259 e. The van der Waals surface area contributed by atoms with Crippen LogP contribution >= 0.6 is 57.4 Å². The maximum atomic E-state index is 12.1. The van der Waals surface area contributed by atoms with E-state index in [9.17, 15) is 4.79 Å². The number of carbonyl (C=O) groups is 1. The van der Waals surface area contributed by atoms with Gasteiger partial charge in [0.1, 0.15) is 0 Å². The van der Waals surface area contributed by atoms with Crippen LogP contribution in [0.25, 0.3) is 0 Å². The molecule has 0 aliphatic carbocycles. The zero-order valence-corrected chi connectivity index (χ0v) is 13.5. The van der Waals surface area contributed by atoms with Gasteiger partial charge in [0.2, 0.25) is 0 Å². The molecule has 1 N–H and O–H groups in total. The van der Waals surface area contributed by atoms with Crippen LogP contribution in [0.3, 0.4) is 0 Å². The molecule has 8 heteroatoms. The minimum absolute atomic E-state index is 0.00845. The maximum absolute atomic E-state index is 12.1. The molecule has 0 aliphatic rings. The van der Waals surface area contributed by atoms with Crippen LogP contribution in [-0.2, 0) is 0 Å². The third-order valence-corrected chi connectivity index (χ3v) is 3.73. The van der Waals surface area contributed by atoms with Crippen molar-refractivity contribution < 1.29 is 4.79 Å². The molecule has 0 bridgehead atoms. The standard InChI is InChI=1S/C11H5Cl3IN3O/c12-5-1-2-8(7(15)3-5)16-11(19)6-4-9(13)17-18-10(6)14/h1-4H,(H,16,19). The summed E-state index contributed by atoms with van der Waals surface area (Å²) in [5.74, 6) is -0.415. The second-order valence-corrected chi connectivity index (χ2v) is 5.79. The number of carbonyl (C=O) groups excluding carboxylic acids is 1. The van der Waals surface area contributed by atoms with Gasteiger partial charge in [-0.15, -0.1) is 10.2 Å². The lowest BCUT2D eigenvalue weighted by atomic mass is 10.2. The zero-order chi connectivity index (χ0) is 14.0. The lowest BCUT2D eigenvalue weighted by Crippen LogP contribution is -2.14. The van der Waals surface area contributed by atoms with E-state index in [-0.39, 0.29) is 15.9 Å². The average Bonchev–Trinajstić information content (AvgIpc) is 2.35. The van der Waals surface area contributed by atoms with Gasteiger partial charge in [-0.3, -0.25) is 4.79 Å².